The van der Waals surface area contributed by atoms with Crippen molar-refractivity contribution in [3.05, 3.63) is 54.5 Å². The summed E-state index contributed by atoms with van der Waals surface area (Å²) in [5, 5.41) is 0. The first-order chi connectivity index (χ1) is 6.70. The molecule has 1 aromatic rings. The monoisotopic (exact) mass is 188 g/mol. The lowest BCUT2D eigenvalue weighted by molar-refractivity contribution is -0.115. The van der Waals surface area contributed by atoms with Crippen molar-refractivity contribution in [2.24, 2.45) is 0 Å². The van der Waals surface area contributed by atoms with Crippen molar-refractivity contribution in [3.63, 3.8) is 0 Å². The predicted octanol–water partition coefficient (Wildman–Crippen LogP) is 2.78. The second-order valence-electron chi connectivity index (χ2n) is 2.81. The highest BCUT2D eigenvalue weighted by atomic mass is 16.5. The molecule has 0 saturated carbocycles. The molecule has 1 aromatic carbocycles. The van der Waals surface area contributed by atoms with E-state index in [2.05, 4.69) is 6.58 Å². The Morgan fingerprint density at radius 2 is 2.00 bits per heavy atom. The van der Waals surface area contributed by atoms with Crippen molar-refractivity contribution in [1.82, 2.24) is 0 Å². The summed E-state index contributed by atoms with van der Waals surface area (Å²) in [6.07, 6.45) is 3.23. The fourth-order valence-electron chi connectivity index (χ4n) is 0.842. The number of benzene rings is 1. The average molecular weight is 188 g/mol. The molecule has 0 aliphatic rings. The van der Waals surface area contributed by atoms with Gasteiger partial charge in [0.05, 0.1) is 6.26 Å². The van der Waals surface area contributed by atoms with Crippen LogP contribution in [0.1, 0.15) is 12.5 Å². The molecule has 0 aliphatic carbocycles. The smallest absolute Gasteiger partial charge is 0.194 e. The van der Waals surface area contributed by atoms with Crippen molar-refractivity contribution in [2.45, 2.75) is 6.92 Å². The van der Waals surface area contributed by atoms with Crippen molar-refractivity contribution in [3.8, 4) is 0 Å². The summed E-state index contributed by atoms with van der Waals surface area (Å²) in [6, 6.07) is 9.68. The summed E-state index contributed by atoms with van der Waals surface area (Å²) in [7, 11) is 0. The molecule has 0 aliphatic heterocycles. The molecule has 0 atom stereocenters. The minimum absolute atomic E-state index is 0.150. The van der Waals surface area contributed by atoms with E-state index in [1.807, 2.05) is 30.3 Å². The molecule has 0 radical (unpaired) electrons. The fraction of sp³-hybridized carbons (Fsp3) is 0.0833. The van der Waals surface area contributed by atoms with Crippen molar-refractivity contribution in [2.75, 3.05) is 0 Å². The van der Waals surface area contributed by atoms with E-state index in [9.17, 15) is 4.79 Å². The zero-order valence-corrected chi connectivity index (χ0v) is 8.07. The molecule has 0 saturated heterocycles. The number of allylic oxidation sites excluding steroid dienone is 1. The highest BCUT2D eigenvalue weighted by molar-refractivity contribution is 5.90. The molecule has 0 spiro atoms. The maximum Gasteiger partial charge on any atom is 0.194 e. The summed E-state index contributed by atoms with van der Waals surface area (Å²) < 4.78 is 4.98. The van der Waals surface area contributed by atoms with Crippen LogP contribution in [0, 0.1) is 0 Å². The Hall–Kier alpha value is -1.83. The predicted molar refractivity (Wildman–Crippen MR) is 56.4 cm³/mol. The first kappa shape index (κ1) is 10.3. The van der Waals surface area contributed by atoms with E-state index in [0.29, 0.717) is 0 Å². The molecule has 2 heteroatoms. The summed E-state index contributed by atoms with van der Waals surface area (Å²) in [4.78, 5) is 10.7. The van der Waals surface area contributed by atoms with Gasteiger partial charge in [-0.05, 0) is 11.6 Å². The number of Topliss-reactive ketones (excluding diaryl/α,β-unsaturated/α-hetero) is 1. The molecular formula is C12H12O2. The number of ether oxygens (including phenoxy) is 1. The van der Waals surface area contributed by atoms with Gasteiger partial charge in [-0.15, -0.1) is 0 Å². The molecule has 14 heavy (non-hydrogen) atoms. The van der Waals surface area contributed by atoms with E-state index in [1.165, 1.54) is 13.2 Å². The molecule has 0 N–H and O–H groups in total. The largest absolute Gasteiger partial charge is 0.462 e. The molecule has 0 aromatic heterocycles. The highest BCUT2D eigenvalue weighted by Crippen LogP contribution is 2.03. The molecule has 72 valence electrons. The summed E-state index contributed by atoms with van der Waals surface area (Å²) in [5.41, 5.74) is 1.02. The summed E-state index contributed by atoms with van der Waals surface area (Å²) >= 11 is 0. The van der Waals surface area contributed by atoms with Gasteiger partial charge in [0, 0.05) is 6.92 Å². The molecule has 0 amide bonds. The average Bonchev–Trinajstić information content (AvgIpc) is 2.19. The van der Waals surface area contributed by atoms with Gasteiger partial charge in [-0.3, -0.25) is 4.79 Å². The van der Waals surface area contributed by atoms with Crippen molar-refractivity contribution in [1.29, 1.82) is 0 Å². The van der Waals surface area contributed by atoms with Crippen LogP contribution in [0.5, 0.6) is 0 Å². The standard InChI is InChI=1S/C12H12O2/c1-10(13)11(2)14-9-8-12-6-4-3-5-7-12/h3-9H,2H2,1H3. The first-order valence-electron chi connectivity index (χ1n) is 4.28. The maximum atomic E-state index is 10.7. The van der Waals surface area contributed by atoms with E-state index in [-0.39, 0.29) is 11.5 Å². The van der Waals surface area contributed by atoms with Gasteiger partial charge in [0.25, 0.3) is 0 Å². The summed E-state index contributed by atoms with van der Waals surface area (Å²) in [5.74, 6) is -0.0140. The van der Waals surface area contributed by atoms with Gasteiger partial charge in [-0.1, -0.05) is 36.9 Å². The number of hydrogen-bond donors (Lipinski definition) is 0. The Morgan fingerprint density at radius 3 is 2.57 bits per heavy atom. The number of ketones is 1. The Balaban J connectivity index is 2.50. The Labute approximate surface area is 83.5 Å². The van der Waals surface area contributed by atoms with Crippen LogP contribution in [0.25, 0.3) is 6.08 Å². The molecule has 0 heterocycles. The van der Waals surface area contributed by atoms with Gasteiger partial charge in [-0.25, -0.2) is 0 Å². The lowest BCUT2D eigenvalue weighted by Crippen LogP contribution is -1.95. The van der Waals surface area contributed by atoms with Gasteiger partial charge < -0.3 is 4.74 Å². The molecular weight excluding hydrogens is 176 g/mol. The van der Waals surface area contributed by atoms with E-state index in [0.717, 1.165) is 5.56 Å². The third-order valence-electron chi connectivity index (χ3n) is 1.66. The molecule has 1 rings (SSSR count). The molecule has 2 nitrogen and oxygen atoms in total. The van der Waals surface area contributed by atoms with Gasteiger partial charge in [0.15, 0.2) is 11.5 Å². The first-order valence-corrected chi connectivity index (χ1v) is 4.28. The van der Waals surface area contributed by atoms with E-state index in [4.69, 9.17) is 4.74 Å². The van der Waals surface area contributed by atoms with Gasteiger partial charge in [-0.2, -0.15) is 0 Å². The number of hydrogen-bond acceptors (Lipinski definition) is 2. The topological polar surface area (TPSA) is 26.3 Å². The minimum atomic E-state index is -0.164. The number of carbonyl (C=O) groups excluding carboxylic acids is 1. The second kappa shape index (κ2) is 5.02. The lowest BCUT2D eigenvalue weighted by Gasteiger charge is -1.98. The third-order valence-corrected chi connectivity index (χ3v) is 1.66. The van der Waals surface area contributed by atoms with Crippen LogP contribution in [-0.2, 0) is 9.53 Å². The zero-order chi connectivity index (χ0) is 10.4. The Bertz CT molecular complexity index is 350. The fourth-order valence-corrected chi connectivity index (χ4v) is 0.842. The molecule has 0 unspecified atom stereocenters. The quantitative estimate of drug-likeness (QED) is 0.536. The SMILES string of the molecule is C=C(OC=Cc1ccccc1)C(C)=O. The number of carbonyl (C=O) groups is 1. The Kier molecular flexibility index (Phi) is 3.68. The van der Waals surface area contributed by atoms with Crippen LogP contribution in [0.15, 0.2) is 48.9 Å². The van der Waals surface area contributed by atoms with Crippen LogP contribution in [-0.4, -0.2) is 5.78 Å². The number of rotatable bonds is 4. The second-order valence-corrected chi connectivity index (χ2v) is 2.81. The van der Waals surface area contributed by atoms with E-state index < -0.39 is 0 Å². The summed E-state index contributed by atoms with van der Waals surface area (Å²) in [6.45, 7) is 4.88. The maximum absolute atomic E-state index is 10.7. The van der Waals surface area contributed by atoms with E-state index in [1.54, 1.807) is 6.08 Å². The van der Waals surface area contributed by atoms with Crippen LogP contribution < -0.4 is 0 Å². The van der Waals surface area contributed by atoms with Gasteiger partial charge in [0.1, 0.15) is 0 Å². The van der Waals surface area contributed by atoms with Crippen LogP contribution in [0.4, 0.5) is 0 Å². The Morgan fingerprint density at radius 1 is 1.36 bits per heavy atom. The van der Waals surface area contributed by atoms with Crippen LogP contribution >= 0.6 is 0 Å². The normalized spacial score (nSPS) is 10.1. The van der Waals surface area contributed by atoms with Gasteiger partial charge in [0.2, 0.25) is 0 Å². The van der Waals surface area contributed by atoms with E-state index >= 15 is 0 Å². The lowest BCUT2D eigenvalue weighted by atomic mass is 10.2. The van der Waals surface area contributed by atoms with Crippen molar-refractivity contribution >= 4 is 11.9 Å². The molecule has 0 fully saturated rings. The molecule has 0 bridgehead atoms. The van der Waals surface area contributed by atoms with Crippen LogP contribution in [0.3, 0.4) is 0 Å². The minimum Gasteiger partial charge on any atom is -0.462 e. The third kappa shape index (κ3) is 3.27. The van der Waals surface area contributed by atoms with Crippen LogP contribution in [0.2, 0.25) is 0 Å². The zero-order valence-electron chi connectivity index (χ0n) is 8.07. The van der Waals surface area contributed by atoms with Gasteiger partial charge >= 0.3 is 0 Å². The van der Waals surface area contributed by atoms with Crippen molar-refractivity contribution < 1.29 is 9.53 Å². The highest BCUT2D eigenvalue weighted by Gasteiger charge is 1.97.